The molecule has 0 unspecified atom stereocenters. The minimum absolute atomic E-state index is 0.230. The van der Waals surface area contributed by atoms with Crippen molar-refractivity contribution in [3.63, 3.8) is 0 Å². The third-order valence-electron chi connectivity index (χ3n) is 3.15. The van der Waals surface area contributed by atoms with Crippen molar-refractivity contribution < 1.29 is 4.39 Å². The fourth-order valence-corrected chi connectivity index (χ4v) is 3.13. The highest BCUT2D eigenvalue weighted by Gasteiger charge is 2.15. The van der Waals surface area contributed by atoms with Crippen LogP contribution in [0.1, 0.15) is 0 Å². The molecule has 0 spiro atoms. The van der Waals surface area contributed by atoms with Gasteiger partial charge in [0.05, 0.1) is 0 Å². The van der Waals surface area contributed by atoms with Gasteiger partial charge in [0.2, 0.25) is 0 Å². The molecule has 4 heteroatoms. The first-order valence-corrected chi connectivity index (χ1v) is 7.46. The van der Waals surface area contributed by atoms with E-state index in [1.165, 1.54) is 12.1 Å². The van der Waals surface area contributed by atoms with Crippen LogP contribution in [0.5, 0.6) is 0 Å². The maximum absolute atomic E-state index is 13.1. The van der Waals surface area contributed by atoms with Crippen LogP contribution in [-0.2, 0) is 0 Å². The molecule has 1 aromatic heterocycles. The molecule has 0 radical (unpaired) electrons. The van der Waals surface area contributed by atoms with Crippen molar-refractivity contribution in [2.24, 2.45) is 0 Å². The topological polar surface area (TPSA) is 16.1 Å². The Bertz CT molecular complexity index is 733. The summed E-state index contributed by atoms with van der Waals surface area (Å²) in [7, 11) is 4.02. The quantitative estimate of drug-likeness (QED) is 0.698. The second kappa shape index (κ2) is 5.66. The molecule has 0 aliphatic rings. The molecule has 3 aromatic rings. The Balaban J connectivity index is 2.11. The highest BCUT2D eigenvalue weighted by atomic mass is 32.1. The van der Waals surface area contributed by atoms with Crippen molar-refractivity contribution in [3.8, 4) is 21.8 Å². The van der Waals surface area contributed by atoms with E-state index in [-0.39, 0.29) is 5.82 Å². The van der Waals surface area contributed by atoms with Crippen molar-refractivity contribution in [1.82, 2.24) is 4.98 Å². The average molecular weight is 298 g/mol. The van der Waals surface area contributed by atoms with Gasteiger partial charge < -0.3 is 4.90 Å². The lowest BCUT2D eigenvalue weighted by molar-refractivity contribution is 0.628. The molecule has 1 heterocycles. The number of hydrogen-bond acceptors (Lipinski definition) is 3. The summed E-state index contributed by atoms with van der Waals surface area (Å²) in [6.45, 7) is 0. The largest absolute Gasteiger partial charge is 0.368 e. The standard InChI is InChI=1S/C17H15FN2S/c1-20(2)17-15(12-6-4-3-5-7-12)19-16(21-17)13-8-10-14(18)11-9-13/h3-11H,1-2H3. The smallest absolute Gasteiger partial charge is 0.126 e. The molecule has 2 aromatic carbocycles. The Morgan fingerprint density at radius 3 is 2.19 bits per heavy atom. The first-order chi connectivity index (χ1) is 10.1. The van der Waals surface area contributed by atoms with Crippen LogP contribution in [0.4, 0.5) is 9.39 Å². The number of nitrogens with zero attached hydrogens (tertiary/aromatic N) is 2. The maximum Gasteiger partial charge on any atom is 0.126 e. The van der Waals surface area contributed by atoms with Gasteiger partial charge in [-0.3, -0.25) is 0 Å². The van der Waals surface area contributed by atoms with Gasteiger partial charge in [-0.25, -0.2) is 9.37 Å². The van der Waals surface area contributed by atoms with Gasteiger partial charge in [0.25, 0.3) is 0 Å². The van der Waals surface area contributed by atoms with Crippen LogP contribution >= 0.6 is 11.3 Å². The van der Waals surface area contributed by atoms with Gasteiger partial charge in [0, 0.05) is 25.2 Å². The van der Waals surface area contributed by atoms with E-state index in [1.54, 1.807) is 23.5 Å². The van der Waals surface area contributed by atoms with E-state index in [4.69, 9.17) is 4.98 Å². The monoisotopic (exact) mass is 298 g/mol. The van der Waals surface area contributed by atoms with Gasteiger partial charge in [-0.15, -0.1) is 0 Å². The molecule has 0 saturated heterocycles. The molecule has 0 fully saturated rings. The molecule has 21 heavy (non-hydrogen) atoms. The van der Waals surface area contributed by atoms with Crippen molar-refractivity contribution in [1.29, 1.82) is 0 Å². The van der Waals surface area contributed by atoms with Crippen molar-refractivity contribution in [2.45, 2.75) is 0 Å². The van der Waals surface area contributed by atoms with Crippen LogP contribution in [0, 0.1) is 5.82 Å². The highest BCUT2D eigenvalue weighted by molar-refractivity contribution is 7.19. The van der Waals surface area contributed by atoms with Crippen molar-refractivity contribution >= 4 is 16.3 Å². The third kappa shape index (κ3) is 2.81. The lowest BCUT2D eigenvalue weighted by Crippen LogP contribution is -2.07. The Kier molecular flexibility index (Phi) is 3.71. The maximum atomic E-state index is 13.1. The van der Waals surface area contributed by atoms with Gasteiger partial charge in [-0.05, 0) is 24.3 Å². The van der Waals surface area contributed by atoms with E-state index in [9.17, 15) is 4.39 Å². The molecule has 0 aliphatic carbocycles. The zero-order valence-corrected chi connectivity index (χ0v) is 12.7. The molecule has 0 atom stereocenters. The average Bonchev–Trinajstić information content (AvgIpc) is 2.94. The van der Waals surface area contributed by atoms with Crippen LogP contribution in [-0.4, -0.2) is 19.1 Å². The van der Waals surface area contributed by atoms with Crippen LogP contribution in [0.3, 0.4) is 0 Å². The minimum Gasteiger partial charge on any atom is -0.368 e. The SMILES string of the molecule is CN(C)c1sc(-c2ccc(F)cc2)nc1-c1ccccc1. The first kappa shape index (κ1) is 13.8. The summed E-state index contributed by atoms with van der Waals surface area (Å²) >= 11 is 1.61. The fraction of sp³-hybridized carbons (Fsp3) is 0.118. The number of rotatable bonds is 3. The van der Waals surface area contributed by atoms with Crippen LogP contribution in [0.15, 0.2) is 54.6 Å². The van der Waals surface area contributed by atoms with E-state index in [2.05, 4.69) is 17.0 Å². The lowest BCUT2D eigenvalue weighted by Gasteiger charge is -2.11. The fourth-order valence-electron chi connectivity index (χ4n) is 2.12. The van der Waals surface area contributed by atoms with Crippen molar-refractivity contribution in [2.75, 3.05) is 19.0 Å². The third-order valence-corrected chi connectivity index (χ3v) is 4.43. The zero-order chi connectivity index (χ0) is 14.8. The van der Waals surface area contributed by atoms with Gasteiger partial charge in [0.1, 0.15) is 21.5 Å². The van der Waals surface area contributed by atoms with Crippen molar-refractivity contribution in [3.05, 3.63) is 60.4 Å². The number of anilines is 1. The van der Waals surface area contributed by atoms with E-state index < -0.39 is 0 Å². The molecule has 0 saturated carbocycles. The second-order valence-electron chi connectivity index (χ2n) is 4.94. The Morgan fingerprint density at radius 2 is 1.57 bits per heavy atom. The number of thiazole rings is 1. The lowest BCUT2D eigenvalue weighted by atomic mass is 10.1. The number of hydrogen-bond donors (Lipinski definition) is 0. The number of aromatic nitrogens is 1. The van der Waals surface area contributed by atoms with Crippen LogP contribution < -0.4 is 4.90 Å². The highest BCUT2D eigenvalue weighted by Crippen LogP contribution is 2.39. The normalized spacial score (nSPS) is 10.6. The van der Waals surface area contributed by atoms with Gasteiger partial charge >= 0.3 is 0 Å². The van der Waals surface area contributed by atoms with E-state index in [1.807, 2.05) is 32.3 Å². The van der Waals surface area contributed by atoms with Crippen LogP contribution in [0.2, 0.25) is 0 Å². The van der Waals surface area contributed by atoms with Crippen LogP contribution in [0.25, 0.3) is 21.8 Å². The molecule has 0 bridgehead atoms. The molecule has 0 aliphatic heterocycles. The first-order valence-electron chi connectivity index (χ1n) is 6.64. The Hall–Kier alpha value is -2.20. The molecular formula is C17H15FN2S. The molecule has 0 N–H and O–H groups in total. The van der Waals surface area contributed by atoms with Gasteiger partial charge in [-0.1, -0.05) is 41.7 Å². The van der Waals surface area contributed by atoms with Gasteiger partial charge in [-0.2, -0.15) is 0 Å². The molecule has 3 rings (SSSR count). The van der Waals surface area contributed by atoms with E-state index in [0.29, 0.717) is 0 Å². The second-order valence-corrected chi connectivity index (χ2v) is 5.92. The number of benzene rings is 2. The summed E-state index contributed by atoms with van der Waals surface area (Å²) in [5.74, 6) is -0.230. The minimum atomic E-state index is -0.230. The molecule has 106 valence electrons. The zero-order valence-electron chi connectivity index (χ0n) is 11.9. The Labute approximate surface area is 127 Å². The molecule has 2 nitrogen and oxygen atoms in total. The summed E-state index contributed by atoms with van der Waals surface area (Å²) in [5, 5.41) is 2.00. The summed E-state index contributed by atoms with van der Waals surface area (Å²) in [6.07, 6.45) is 0. The predicted molar refractivity (Wildman–Crippen MR) is 87.3 cm³/mol. The molecule has 0 amide bonds. The summed E-state index contributed by atoms with van der Waals surface area (Å²) in [6, 6.07) is 16.6. The summed E-state index contributed by atoms with van der Waals surface area (Å²) < 4.78 is 13.1. The van der Waals surface area contributed by atoms with E-state index >= 15 is 0 Å². The summed E-state index contributed by atoms with van der Waals surface area (Å²) in [5.41, 5.74) is 2.99. The predicted octanol–water partition coefficient (Wildman–Crippen LogP) is 4.68. The van der Waals surface area contributed by atoms with E-state index in [0.717, 1.165) is 26.8 Å². The number of halogens is 1. The molecular weight excluding hydrogens is 283 g/mol. The summed E-state index contributed by atoms with van der Waals surface area (Å²) in [4.78, 5) is 6.82. The van der Waals surface area contributed by atoms with Gasteiger partial charge in [0.15, 0.2) is 0 Å². The Morgan fingerprint density at radius 1 is 0.905 bits per heavy atom.